The molecule has 0 spiro atoms. The lowest BCUT2D eigenvalue weighted by atomic mass is 10.2. The number of benzene rings is 1. The monoisotopic (exact) mass is 402 g/mol. The maximum absolute atomic E-state index is 11.7. The highest BCUT2D eigenvalue weighted by atomic mass is 16.2. The van der Waals surface area contributed by atoms with E-state index in [0.29, 0.717) is 0 Å². The van der Waals surface area contributed by atoms with Crippen LogP contribution in [0, 0.1) is 6.92 Å². The van der Waals surface area contributed by atoms with Gasteiger partial charge < -0.3 is 20.4 Å². The van der Waals surface area contributed by atoms with Gasteiger partial charge in [-0.05, 0) is 50.9 Å². The van der Waals surface area contributed by atoms with Crippen LogP contribution in [0.15, 0.2) is 29.3 Å². The van der Waals surface area contributed by atoms with Crippen molar-refractivity contribution in [2.45, 2.75) is 26.7 Å². The van der Waals surface area contributed by atoms with E-state index in [9.17, 15) is 4.79 Å². The molecule has 0 radical (unpaired) electrons. The Kier molecular flexibility index (Phi) is 9.77. The van der Waals surface area contributed by atoms with E-state index in [1.54, 1.807) is 19.0 Å². The van der Waals surface area contributed by atoms with Crippen LogP contribution in [-0.2, 0) is 4.79 Å². The van der Waals surface area contributed by atoms with Gasteiger partial charge in [-0.15, -0.1) is 0 Å². The molecule has 1 aliphatic heterocycles. The molecular weight excluding hydrogens is 364 g/mol. The minimum atomic E-state index is 0.00649. The quantitative estimate of drug-likeness (QED) is 0.373. The first-order valence-electron chi connectivity index (χ1n) is 10.8. The molecule has 0 bridgehead atoms. The Bertz CT molecular complexity index is 652. The van der Waals surface area contributed by atoms with Crippen molar-refractivity contribution in [3.63, 3.8) is 0 Å². The number of anilines is 1. The van der Waals surface area contributed by atoms with Crippen molar-refractivity contribution < 1.29 is 4.79 Å². The Labute approximate surface area is 176 Å². The Morgan fingerprint density at radius 3 is 2.55 bits per heavy atom. The zero-order valence-electron chi connectivity index (χ0n) is 18.6. The molecule has 162 valence electrons. The highest BCUT2D eigenvalue weighted by Crippen LogP contribution is 2.17. The number of aliphatic imine (C=N–C) groups is 1. The first kappa shape index (κ1) is 23.0. The first-order valence-corrected chi connectivity index (χ1v) is 10.8. The highest BCUT2D eigenvalue weighted by Gasteiger charge is 2.16. The molecule has 0 saturated carbocycles. The van der Waals surface area contributed by atoms with Gasteiger partial charge in [0.15, 0.2) is 5.96 Å². The van der Waals surface area contributed by atoms with E-state index in [2.05, 4.69) is 56.6 Å². The summed E-state index contributed by atoms with van der Waals surface area (Å²) in [6, 6.07) is 8.78. The Hall–Kier alpha value is -2.28. The van der Waals surface area contributed by atoms with Crippen LogP contribution in [0.25, 0.3) is 0 Å². The largest absolute Gasteiger partial charge is 0.369 e. The highest BCUT2D eigenvalue weighted by molar-refractivity contribution is 5.84. The number of unbranched alkanes of at least 4 members (excludes halogenated alkanes) is 1. The number of nitrogens with zero attached hydrogens (tertiary/aromatic N) is 4. The van der Waals surface area contributed by atoms with E-state index >= 15 is 0 Å². The Balaban J connectivity index is 1.62. The average Bonchev–Trinajstić information content (AvgIpc) is 2.71. The van der Waals surface area contributed by atoms with E-state index in [-0.39, 0.29) is 12.5 Å². The normalized spacial score (nSPS) is 15.3. The number of nitrogens with one attached hydrogen (secondary N) is 2. The van der Waals surface area contributed by atoms with Crippen LogP contribution in [0.1, 0.15) is 25.3 Å². The number of hydrogen-bond donors (Lipinski definition) is 2. The fourth-order valence-corrected chi connectivity index (χ4v) is 3.35. The second-order valence-corrected chi connectivity index (χ2v) is 7.78. The second-order valence-electron chi connectivity index (χ2n) is 7.78. The van der Waals surface area contributed by atoms with Crippen LogP contribution >= 0.6 is 0 Å². The number of guanidine groups is 1. The van der Waals surface area contributed by atoms with Gasteiger partial charge in [0.2, 0.25) is 5.91 Å². The van der Waals surface area contributed by atoms with Gasteiger partial charge in [0.05, 0.1) is 0 Å². The smallest absolute Gasteiger partial charge is 0.243 e. The van der Waals surface area contributed by atoms with Crippen LogP contribution in [0.5, 0.6) is 0 Å². The maximum atomic E-state index is 11.7. The van der Waals surface area contributed by atoms with Crippen molar-refractivity contribution in [1.29, 1.82) is 0 Å². The van der Waals surface area contributed by atoms with Gasteiger partial charge in [0, 0.05) is 59.1 Å². The minimum Gasteiger partial charge on any atom is -0.369 e. The van der Waals surface area contributed by atoms with Crippen molar-refractivity contribution in [1.82, 2.24) is 20.4 Å². The topological polar surface area (TPSA) is 63.2 Å². The molecule has 1 aromatic rings. The summed E-state index contributed by atoms with van der Waals surface area (Å²) in [5, 5.41) is 6.52. The maximum Gasteiger partial charge on any atom is 0.243 e. The molecule has 7 heteroatoms. The fourth-order valence-electron chi connectivity index (χ4n) is 3.35. The zero-order chi connectivity index (χ0) is 21.1. The third-order valence-electron chi connectivity index (χ3n) is 5.15. The third kappa shape index (κ3) is 8.31. The third-order valence-corrected chi connectivity index (χ3v) is 5.15. The standard InChI is InChI=1S/C22H38N6O/c1-5-23-22(25-18-21(29)26(3)4)24-11-6-7-12-27-13-15-28(16-14-27)20-10-8-9-19(2)17-20/h8-10,17H,5-7,11-16,18H2,1-4H3,(H2,23,24,25). The van der Waals surface area contributed by atoms with Gasteiger partial charge in [-0.1, -0.05) is 12.1 Å². The van der Waals surface area contributed by atoms with Gasteiger partial charge >= 0.3 is 0 Å². The molecule has 0 unspecified atom stereocenters. The Morgan fingerprint density at radius 2 is 1.90 bits per heavy atom. The summed E-state index contributed by atoms with van der Waals surface area (Å²) in [7, 11) is 3.50. The minimum absolute atomic E-state index is 0.00649. The predicted molar refractivity (Wildman–Crippen MR) is 122 cm³/mol. The number of aryl methyl sites for hydroxylation is 1. The number of rotatable bonds is 9. The van der Waals surface area contributed by atoms with Crippen molar-refractivity contribution in [2.75, 3.05) is 71.4 Å². The van der Waals surface area contributed by atoms with Gasteiger partial charge in [-0.3, -0.25) is 9.69 Å². The molecule has 0 aliphatic carbocycles. The molecule has 1 fully saturated rings. The van der Waals surface area contributed by atoms with Gasteiger partial charge in [0.25, 0.3) is 0 Å². The molecule has 2 N–H and O–H groups in total. The summed E-state index contributed by atoms with van der Waals surface area (Å²) in [6.07, 6.45) is 2.25. The summed E-state index contributed by atoms with van der Waals surface area (Å²) >= 11 is 0. The predicted octanol–water partition coefficient (Wildman–Crippen LogP) is 1.54. The SMILES string of the molecule is CCNC(=NCC(=O)N(C)C)NCCCCN1CCN(c2cccc(C)c2)CC1. The molecule has 1 heterocycles. The fraction of sp³-hybridized carbons (Fsp3) is 0.636. The van der Waals surface area contributed by atoms with Crippen LogP contribution in [-0.4, -0.2) is 88.1 Å². The molecule has 1 aliphatic rings. The summed E-state index contributed by atoms with van der Waals surface area (Å²) in [4.78, 5) is 22.6. The lowest BCUT2D eigenvalue weighted by Gasteiger charge is -2.36. The van der Waals surface area contributed by atoms with E-state index in [0.717, 1.165) is 64.6 Å². The zero-order valence-corrected chi connectivity index (χ0v) is 18.6. The summed E-state index contributed by atoms with van der Waals surface area (Å²) in [5.41, 5.74) is 2.67. The molecule has 1 aromatic carbocycles. The molecule has 0 aromatic heterocycles. The van der Waals surface area contributed by atoms with Gasteiger partial charge in [-0.2, -0.15) is 0 Å². The molecule has 0 atom stereocenters. The van der Waals surface area contributed by atoms with E-state index < -0.39 is 0 Å². The molecule has 29 heavy (non-hydrogen) atoms. The van der Waals surface area contributed by atoms with E-state index in [1.165, 1.54) is 11.3 Å². The lowest BCUT2D eigenvalue weighted by molar-refractivity contribution is -0.127. The van der Waals surface area contributed by atoms with Crippen molar-refractivity contribution in [3.05, 3.63) is 29.8 Å². The number of piperazine rings is 1. The molecule has 7 nitrogen and oxygen atoms in total. The molecule has 1 amide bonds. The molecular formula is C22H38N6O. The summed E-state index contributed by atoms with van der Waals surface area (Å²) in [6.45, 7) is 11.6. The molecule has 2 rings (SSSR count). The van der Waals surface area contributed by atoms with Gasteiger partial charge in [0.1, 0.15) is 6.54 Å². The van der Waals surface area contributed by atoms with E-state index in [4.69, 9.17) is 0 Å². The van der Waals surface area contributed by atoms with Crippen molar-refractivity contribution in [2.24, 2.45) is 4.99 Å². The van der Waals surface area contributed by atoms with Crippen molar-refractivity contribution in [3.8, 4) is 0 Å². The van der Waals surface area contributed by atoms with Crippen molar-refractivity contribution >= 4 is 17.6 Å². The number of hydrogen-bond acceptors (Lipinski definition) is 4. The van der Waals surface area contributed by atoms with Crippen LogP contribution < -0.4 is 15.5 Å². The molecule has 1 saturated heterocycles. The Morgan fingerprint density at radius 1 is 1.14 bits per heavy atom. The summed E-state index contributed by atoms with van der Waals surface area (Å²) in [5.74, 6) is 0.724. The summed E-state index contributed by atoms with van der Waals surface area (Å²) < 4.78 is 0. The number of likely N-dealkylation sites (N-methyl/N-ethyl adjacent to an activating group) is 1. The first-order chi connectivity index (χ1) is 14.0. The lowest BCUT2D eigenvalue weighted by Crippen LogP contribution is -2.46. The number of carbonyl (C=O) groups excluding carboxylic acids is 1. The van der Waals surface area contributed by atoms with Crippen LogP contribution in [0.4, 0.5) is 5.69 Å². The average molecular weight is 403 g/mol. The van der Waals surface area contributed by atoms with Gasteiger partial charge in [-0.25, -0.2) is 4.99 Å². The number of carbonyl (C=O) groups is 1. The van der Waals surface area contributed by atoms with E-state index in [1.807, 2.05) is 6.92 Å². The van der Waals surface area contributed by atoms with Crippen LogP contribution in [0.3, 0.4) is 0 Å². The second kappa shape index (κ2) is 12.3. The number of amides is 1. The van der Waals surface area contributed by atoms with Crippen LogP contribution in [0.2, 0.25) is 0 Å².